The first kappa shape index (κ1) is 56.3. The summed E-state index contributed by atoms with van der Waals surface area (Å²) in [5.74, 6) is 1.10. The predicted molar refractivity (Wildman–Crippen MR) is 303 cm³/mol. The third kappa shape index (κ3) is 10.9. The molecule has 0 bridgehead atoms. The van der Waals surface area contributed by atoms with Gasteiger partial charge in [-0.3, -0.25) is 9.59 Å². The van der Waals surface area contributed by atoms with Crippen LogP contribution in [0.25, 0.3) is 43.1 Å². The van der Waals surface area contributed by atoms with E-state index < -0.39 is 0 Å². The lowest BCUT2D eigenvalue weighted by Crippen LogP contribution is -2.44. The lowest BCUT2D eigenvalue weighted by atomic mass is 9.52. The molecule has 0 fully saturated rings. The van der Waals surface area contributed by atoms with Gasteiger partial charge in [0.1, 0.15) is 0 Å². The molecule has 0 aromatic heterocycles. The van der Waals surface area contributed by atoms with Crippen LogP contribution in [0.15, 0.2) is 60.7 Å². The second kappa shape index (κ2) is 20.1. The smallest absolute Gasteiger partial charge is 0.254 e. The van der Waals surface area contributed by atoms with Crippen molar-refractivity contribution < 1.29 is 9.59 Å². The van der Waals surface area contributed by atoms with Crippen LogP contribution >= 0.6 is 0 Å². The van der Waals surface area contributed by atoms with Crippen molar-refractivity contribution in [3.63, 3.8) is 0 Å². The Labute approximate surface area is 422 Å². The molecule has 69 heavy (non-hydrogen) atoms. The second-order valence-electron chi connectivity index (χ2n) is 27.7. The van der Waals surface area contributed by atoms with Gasteiger partial charge in [0.15, 0.2) is 0 Å². The minimum Gasteiger partial charge on any atom is -0.342 e. The average Bonchev–Trinajstić information content (AvgIpc) is 3.26. The fourth-order valence-electron chi connectivity index (χ4n) is 12.8. The number of amides is 2. The zero-order valence-electron chi connectivity index (χ0n) is 48.4. The minimum absolute atomic E-state index is 0.0692. The van der Waals surface area contributed by atoms with Gasteiger partial charge in [0.2, 0.25) is 0 Å². The lowest BCUT2D eigenvalue weighted by Gasteiger charge is -2.53. The Hall–Kier alpha value is -3.66. The van der Waals surface area contributed by atoms with Gasteiger partial charge in [-0.2, -0.15) is 0 Å². The maximum atomic E-state index is 14.5. The summed E-state index contributed by atoms with van der Waals surface area (Å²) < 4.78 is 0. The average molecular weight is 942 g/mol. The topological polar surface area (TPSA) is 40.6 Å². The normalized spacial score (nSPS) is 17.0. The molecule has 2 amide bonds. The predicted octanol–water partition coefficient (Wildman–Crippen LogP) is 18.9. The van der Waals surface area contributed by atoms with Crippen LogP contribution in [-0.4, -0.2) is 48.8 Å². The van der Waals surface area contributed by atoms with Gasteiger partial charge in [0, 0.05) is 38.3 Å². The van der Waals surface area contributed by atoms with E-state index in [9.17, 15) is 9.59 Å². The molecule has 5 atom stereocenters. The molecule has 0 saturated heterocycles. The van der Waals surface area contributed by atoms with Gasteiger partial charge in [0.05, 0.1) is 0 Å². The van der Waals surface area contributed by atoms with E-state index in [1.165, 1.54) is 25.7 Å². The third-order valence-electron chi connectivity index (χ3n) is 20.5. The van der Waals surface area contributed by atoms with E-state index in [1.807, 2.05) is 36.0 Å². The Morgan fingerprint density at radius 1 is 0.435 bits per heavy atom. The monoisotopic (exact) mass is 941 g/mol. The van der Waals surface area contributed by atoms with Crippen LogP contribution in [0.4, 0.5) is 0 Å². The highest BCUT2D eigenvalue weighted by molar-refractivity contribution is 6.35. The molecular formula is C65H100N2O2. The summed E-state index contributed by atoms with van der Waals surface area (Å²) in [5.41, 5.74) is 3.16. The van der Waals surface area contributed by atoms with Crippen LogP contribution in [0.2, 0.25) is 0 Å². The molecule has 5 aromatic carbocycles. The Morgan fingerprint density at radius 3 is 1.13 bits per heavy atom. The van der Waals surface area contributed by atoms with Gasteiger partial charge in [-0.25, -0.2) is 0 Å². The Kier molecular flexibility index (Phi) is 16.4. The first-order valence-corrected chi connectivity index (χ1v) is 27.3. The van der Waals surface area contributed by atoms with Gasteiger partial charge in [-0.15, -0.1) is 0 Å². The van der Waals surface area contributed by atoms with Gasteiger partial charge < -0.3 is 9.80 Å². The molecule has 4 heteroatoms. The van der Waals surface area contributed by atoms with E-state index in [4.69, 9.17) is 0 Å². The number of carbonyl (C=O) groups is 2. The van der Waals surface area contributed by atoms with Crippen LogP contribution in [0.1, 0.15) is 217 Å². The van der Waals surface area contributed by atoms with E-state index in [1.54, 1.807) is 0 Å². The van der Waals surface area contributed by atoms with Crippen LogP contribution in [-0.2, 0) is 0 Å². The summed E-state index contributed by atoms with van der Waals surface area (Å²) in [6.07, 6.45) is 10.1. The number of carbonyl (C=O) groups excluding carboxylic acids is 2. The van der Waals surface area contributed by atoms with Gasteiger partial charge in [0.25, 0.3) is 11.8 Å². The van der Waals surface area contributed by atoms with Crippen LogP contribution in [0, 0.1) is 55.2 Å². The summed E-state index contributed by atoms with van der Waals surface area (Å²) in [7, 11) is 3.95. The molecule has 0 aliphatic heterocycles. The van der Waals surface area contributed by atoms with Crippen LogP contribution in [0.5, 0.6) is 0 Å². The molecule has 4 nitrogen and oxygen atoms in total. The van der Waals surface area contributed by atoms with Crippen molar-refractivity contribution in [1.29, 1.82) is 0 Å². The highest BCUT2D eigenvalue weighted by Crippen LogP contribution is 2.58. The van der Waals surface area contributed by atoms with E-state index in [-0.39, 0.29) is 55.1 Å². The molecule has 0 aliphatic rings. The quantitative estimate of drug-likeness (QED) is 0.0543. The van der Waals surface area contributed by atoms with E-state index in [0.717, 1.165) is 92.9 Å². The fraction of sp³-hybridized carbons (Fsp3) is 0.662. The molecule has 0 radical (unpaired) electrons. The van der Waals surface area contributed by atoms with Gasteiger partial charge in [-0.1, -0.05) is 206 Å². The molecule has 0 aliphatic carbocycles. The number of fused-ring (bicyclic) bond motifs is 2. The SMILES string of the molecule is CCC(C)(CC(C)(C)C(C)(C)CC(C)CCN(C)C(=O)c1ccc2c3cccc4c(C(=O)N(C)CCC(C)CC(C)(CC)C(C)(C)CC(C)(CC)C(C)(C)C)ccc(c5cccc1c25)c43)C(C)(C)C. The first-order chi connectivity index (χ1) is 31.6. The summed E-state index contributed by atoms with van der Waals surface area (Å²) in [4.78, 5) is 32.8. The summed E-state index contributed by atoms with van der Waals surface area (Å²) in [6, 6.07) is 21.2. The zero-order chi connectivity index (χ0) is 52.1. The number of rotatable bonds is 21. The number of benzene rings is 5. The van der Waals surface area contributed by atoms with Crippen molar-refractivity contribution in [2.75, 3.05) is 27.2 Å². The largest absolute Gasteiger partial charge is 0.342 e. The standard InChI is InChI=1S/C65H100N2O2/c1-23-63(18,62(16,17)43-65(20,25-3)59(9,10)11)41-45(5)37-39-67(22)57(69)53-35-33-51-46-28-26-30-48-52(34-32-50(54(46)48)47-29-27-31-49(53)55(47)51)56(68)66(21)38-36-44(4)40-60(12,13)61(14,15)42-64(19,24-2)58(6,7)8/h26-35,44-45H,23-25,36-43H2,1-22H3. The fourth-order valence-corrected chi connectivity index (χ4v) is 12.8. The van der Waals surface area contributed by atoms with Gasteiger partial charge >= 0.3 is 0 Å². The Morgan fingerprint density at radius 2 is 0.768 bits per heavy atom. The van der Waals surface area contributed by atoms with Crippen molar-refractivity contribution in [2.45, 2.75) is 196 Å². The maximum absolute atomic E-state index is 14.5. The van der Waals surface area contributed by atoms with Crippen molar-refractivity contribution in [3.05, 3.63) is 71.8 Å². The van der Waals surface area contributed by atoms with E-state index >= 15 is 0 Å². The zero-order valence-corrected chi connectivity index (χ0v) is 48.4. The van der Waals surface area contributed by atoms with Crippen molar-refractivity contribution in [1.82, 2.24) is 9.80 Å². The number of nitrogens with zero attached hydrogens (tertiary/aromatic N) is 2. The summed E-state index contributed by atoms with van der Waals surface area (Å²) in [5, 5.41) is 8.71. The Bertz CT molecular complexity index is 2560. The summed E-state index contributed by atoms with van der Waals surface area (Å²) in [6.45, 7) is 50.1. The molecular weight excluding hydrogens is 841 g/mol. The van der Waals surface area contributed by atoms with Gasteiger partial charge in [-0.05, 0) is 149 Å². The second-order valence-corrected chi connectivity index (χ2v) is 27.7. The molecule has 5 aromatic rings. The van der Waals surface area contributed by atoms with E-state index in [2.05, 4.69) is 187 Å². The van der Waals surface area contributed by atoms with E-state index in [0.29, 0.717) is 18.4 Å². The molecule has 5 rings (SSSR count). The van der Waals surface area contributed by atoms with Crippen molar-refractivity contribution in [3.8, 4) is 0 Å². The van der Waals surface area contributed by atoms with Crippen LogP contribution < -0.4 is 0 Å². The lowest BCUT2D eigenvalue weighted by molar-refractivity contribution is -0.0324. The third-order valence-corrected chi connectivity index (χ3v) is 20.5. The number of hydrogen-bond acceptors (Lipinski definition) is 2. The maximum Gasteiger partial charge on any atom is 0.254 e. The molecule has 0 saturated carbocycles. The molecule has 0 spiro atoms. The molecule has 0 N–H and O–H groups in total. The number of hydrogen-bond donors (Lipinski definition) is 0. The van der Waals surface area contributed by atoms with Crippen molar-refractivity contribution >= 4 is 54.9 Å². The molecule has 382 valence electrons. The van der Waals surface area contributed by atoms with Crippen LogP contribution in [0.3, 0.4) is 0 Å². The molecule has 0 heterocycles. The highest BCUT2D eigenvalue weighted by atomic mass is 16.2. The Balaban J connectivity index is 1.34. The highest BCUT2D eigenvalue weighted by Gasteiger charge is 2.48. The molecule has 5 unspecified atom stereocenters. The summed E-state index contributed by atoms with van der Waals surface area (Å²) >= 11 is 0. The first-order valence-electron chi connectivity index (χ1n) is 27.3. The minimum atomic E-state index is 0.0692. The van der Waals surface area contributed by atoms with Crippen molar-refractivity contribution in [2.24, 2.45) is 55.2 Å².